The van der Waals surface area contributed by atoms with Gasteiger partial charge in [0, 0.05) is 5.92 Å². The fraction of sp³-hybridized carbons (Fsp3) is 0.368. The first-order chi connectivity index (χ1) is 10.1. The van der Waals surface area contributed by atoms with E-state index < -0.39 is 0 Å². The SMILES string of the molecule is CCc1cc(OC)ccc1[C@H](C)c1cccc(OC)c1C. The molecule has 2 aromatic carbocycles. The van der Waals surface area contributed by atoms with Gasteiger partial charge >= 0.3 is 0 Å². The van der Waals surface area contributed by atoms with Crippen LogP contribution in [0, 0.1) is 6.92 Å². The van der Waals surface area contributed by atoms with Gasteiger partial charge in [-0.05, 0) is 53.8 Å². The molecule has 0 N–H and O–H groups in total. The van der Waals surface area contributed by atoms with Gasteiger partial charge in [0.05, 0.1) is 14.2 Å². The Kier molecular flexibility index (Phi) is 4.89. The molecule has 0 aliphatic carbocycles. The van der Waals surface area contributed by atoms with Crippen LogP contribution in [-0.4, -0.2) is 14.2 Å². The van der Waals surface area contributed by atoms with Crippen LogP contribution >= 0.6 is 0 Å². The summed E-state index contributed by atoms with van der Waals surface area (Å²) in [7, 11) is 3.44. The average molecular weight is 284 g/mol. The van der Waals surface area contributed by atoms with E-state index in [9.17, 15) is 0 Å². The number of methoxy groups -OCH3 is 2. The molecule has 21 heavy (non-hydrogen) atoms. The van der Waals surface area contributed by atoms with Crippen molar-refractivity contribution in [3.8, 4) is 11.5 Å². The topological polar surface area (TPSA) is 18.5 Å². The van der Waals surface area contributed by atoms with E-state index in [1.54, 1.807) is 14.2 Å². The molecule has 0 amide bonds. The summed E-state index contributed by atoms with van der Waals surface area (Å²) < 4.78 is 10.8. The van der Waals surface area contributed by atoms with Crippen LogP contribution in [0.25, 0.3) is 0 Å². The second kappa shape index (κ2) is 6.66. The molecule has 0 aromatic heterocycles. The van der Waals surface area contributed by atoms with Crippen molar-refractivity contribution in [1.29, 1.82) is 0 Å². The van der Waals surface area contributed by atoms with Gasteiger partial charge in [-0.25, -0.2) is 0 Å². The fourth-order valence-electron chi connectivity index (χ4n) is 2.93. The quantitative estimate of drug-likeness (QED) is 0.790. The monoisotopic (exact) mass is 284 g/mol. The van der Waals surface area contributed by atoms with Crippen molar-refractivity contribution in [2.24, 2.45) is 0 Å². The van der Waals surface area contributed by atoms with Crippen LogP contribution < -0.4 is 9.47 Å². The zero-order chi connectivity index (χ0) is 15.4. The molecular weight excluding hydrogens is 260 g/mol. The molecule has 0 aliphatic rings. The lowest BCUT2D eigenvalue weighted by Gasteiger charge is -2.20. The Morgan fingerprint density at radius 3 is 2.38 bits per heavy atom. The first-order valence-corrected chi connectivity index (χ1v) is 7.42. The van der Waals surface area contributed by atoms with Gasteiger partial charge < -0.3 is 9.47 Å². The molecule has 0 heterocycles. The second-order valence-corrected chi connectivity index (χ2v) is 5.31. The summed E-state index contributed by atoms with van der Waals surface area (Å²) in [4.78, 5) is 0. The van der Waals surface area contributed by atoms with E-state index in [1.165, 1.54) is 22.3 Å². The second-order valence-electron chi connectivity index (χ2n) is 5.31. The van der Waals surface area contributed by atoms with E-state index in [0.717, 1.165) is 17.9 Å². The third kappa shape index (κ3) is 3.05. The van der Waals surface area contributed by atoms with E-state index in [-0.39, 0.29) is 0 Å². The minimum absolute atomic E-state index is 0.334. The van der Waals surface area contributed by atoms with Gasteiger partial charge in [0.15, 0.2) is 0 Å². The maximum atomic E-state index is 5.44. The number of benzene rings is 2. The first-order valence-electron chi connectivity index (χ1n) is 7.42. The van der Waals surface area contributed by atoms with Gasteiger partial charge in [-0.15, -0.1) is 0 Å². The van der Waals surface area contributed by atoms with Crippen LogP contribution in [0.1, 0.15) is 42.0 Å². The molecule has 2 rings (SSSR count). The number of hydrogen-bond acceptors (Lipinski definition) is 2. The van der Waals surface area contributed by atoms with Gasteiger partial charge in [0.2, 0.25) is 0 Å². The van der Waals surface area contributed by atoms with Gasteiger partial charge in [-0.1, -0.05) is 32.0 Å². The van der Waals surface area contributed by atoms with E-state index in [2.05, 4.69) is 45.0 Å². The van der Waals surface area contributed by atoms with E-state index in [4.69, 9.17) is 9.47 Å². The van der Waals surface area contributed by atoms with E-state index >= 15 is 0 Å². The fourth-order valence-corrected chi connectivity index (χ4v) is 2.93. The minimum Gasteiger partial charge on any atom is -0.497 e. The lowest BCUT2D eigenvalue weighted by atomic mass is 9.86. The molecule has 0 spiro atoms. The van der Waals surface area contributed by atoms with Crippen molar-refractivity contribution in [2.75, 3.05) is 14.2 Å². The molecule has 0 bridgehead atoms. The van der Waals surface area contributed by atoms with E-state index in [1.807, 2.05) is 12.1 Å². The Morgan fingerprint density at radius 2 is 1.76 bits per heavy atom. The first kappa shape index (κ1) is 15.4. The van der Waals surface area contributed by atoms with Gasteiger partial charge in [-0.3, -0.25) is 0 Å². The van der Waals surface area contributed by atoms with Gasteiger partial charge in [0.1, 0.15) is 11.5 Å². The third-order valence-corrected chi connectivity index (χ3v) is 4.21. The smallest absolute Gasteiger partial charge is 0.122 e. The predicted octanol–water partition coefficient (Wildman–Crippen LogP) is 4.73. The Bertz CT molecular complexity index is 617. The summed E-state index contributed by atoms with van der Waals surface area (Å²) in [5.41, 5.74) is 5.22. The Morgan fingerprint density at radius 1 is 1.00 bits per heavy atom. The molecule has 112 valence electrons. The van der Waals surface area contributed by atoms with Crippen LogP contribution in [0.2, 0.25) is 0 Å². The zero-order valence-corrected chi connectivity index (χ0v) is 13.6. The summed E-state index contributed by atoms with van der Waals surface area (Å²) in [5, 5.41) is 0. The molecule has 0 saturated heterocycles. The molecule has 0 radical (unpaired) electrons. The van der Waals surface area contributed by atoms with Crippen molar-refractivity contribution >= 4 is 0 Å². The highest BCUT2D eigenvalue weighted by Gasteiger charge is 2.16. The standard InChI is InChI=1S/C19H24O2/c1-6-15-12-16(20-4)10-11-18(15)13(2)17-8-7-9-19(21-5)14(17)3/h7-13H,6H2,1-5H3/t13-/m1/s1. The lowest BCUT2D eigenvalue weighted by molar-refractivity contribution is 0.410. The third-order valence-electron chi connectivity index (χ3n) is 4.21. The Hall–Kier alpha value is -1.96. The Labute approximate surface area is 127 Å². The van der Waals surface area contributed by atoms with Crippen LogP contribution in [-0.2, 0) is 6.42 Å². The van der Waals surface area contributed by atoms with Crippen molar-refractivity contribution in [3.63, 3.8) is 0 Å². The van der Waals surface area contributed by atoms with Gasteiger partial charge in [0.25, 0.3) is 0 Å². The highest BCUT2D eigenvalue weighted by Crippen LogP contribution is 2.34. The number of rotatable bonds is 5. The highest BCUT2D eigenvalue weighted by molar-refractivity contribution is 5.47. The molecule has 0 aliphatic heterocycles. The molecular formula is C19H24O2. The summed E-state index contributed by atoms with van der Waals surface area (Å²) in [5.74, 6) is 2.21. The summed E-state index contributed by atoms with van der Waals surface area (Å²) >= 11 is 0. The highest BCUT2D eigenvalue weighted by atomic mass is 16.5. The molecule has 0 saturated carbocycles. The van der Waals surface area contributed by atoms with Crippen LogP contribution in [0.3, 0.4) is 0 Å². The largest absolute Gasteiger partial charge is 0.497 e. The van der Waals surface area contributed by atoms with Crippen LogP contribution in [0.4, 0.5) is 0 Å². The number of ether oxygens (including phenoxy) is 2. The maximum absolute atomic E-state index is 5.44. The summed E-state index contributed by atoms with van der Waals surface area (Å²) in [6, 6.07) is 12.6. The normalized spacial score (nSPS) is 12.0. The van der Waals surface area contributed by atoms with Crippen molar-refractivity contribution in [3.05, 3.63) is 58.7 Å². The predicted molar refractivity (Wildman–Crippen MR) is 87.6 cm³/mol. The zero-order valence-electron chi connectivity index (χ0n) is 13.6. The van der Waals surface area contributed by atoms with E-state index in [0.29, 0.717) is 5.92 Å². The van der Waals surface area contributed by atoms with Crippen LogP contribution in [0.15, 0.2) is 36.4 Å². The molecule has 2 heteroatoms. The molecule has 2 nitrogen and oxygen atoms in total. The van der Waals surface area contributed by atoms with Gasteiger partial charge in [-0.2, -0.15) is 0 Å². The lowest BCUT2D eigenvalue weighted by Crippen LogP contribution is -2.04. The Balaban J connectivity index is 2.47. The molecule has 1 atom stereocenters. The molecule has 0 fully saturated rings. The molecule has 2 aromatic rings. The molecule has 0 unspecified atom stereocenters. The van der Waals surface area contributed by atoms with Crippen molar-refractivity contribution in [2.45, 2.75) is 33.1 Å². The van der Waals surface area contributed by atoms with Crippen molar-refractivity contribution < 1.29 is 9.47 Å². The summed E-state index contributed by atoms with van der Waals surface area (Å²) in [6.07, 6.45) is 1.000. The number of aryl methyl sites for hydroxylation is 1. The summed E-state index contributed by atoms with van der Waals surface area (Å²) in [6.45, 7) is 6.56. The van der Waals surface area contributed by atoms with Crippen molar-refractivity contribution in [1.82, 2.24) is 0 Å². The average Bonchev–Trinajstić information content (AvgIpc) is 2.53. The van der Waals surface area contributed by atoms with Crippen LogP contribution in [0.5, 0.6) is 11.5 Å². The maximum Gasteiger partial charge on any atom is 0.122 e. The minimum atomic E-state index is 0.334. The number of hydrogen-bond donors (Lipinski definition) is 0.